The van der Waals surface area contributed by atoms with Gasteiger partial charge in [0.2, 0.25) is 5.76 Å². The summed E-state index contributed by atoms with van der Waals surface area (Å²) in [5, 5.41) is 2.85. The van der Waals surface area contributed by atoms with Gasteiger partial charge in [-0.25, -0.2) is 0 Å². The second kappa shape index (κ2) is 6.77. The fraction of sp³-hybridized carbons (Fsp3) is 0.400. The number of aromatic nitrogens is 1. The fourth-order valence-corrected chi connectivity index (χ4v) is 2.09. The van der Waals surface area contributed by atoms with Gasteiger partial charge in [-0.1, -0.05) is 35.5 Å². The minimum atomic E-state index is -7.96. The number of alkyl halides is 13. The highest BCUT2D eigenvalue weighted by Crippen LogP contribution is 2.62. The zero-order valence-corrected chi connectivity index (χ0v) is 13.7. The Morgan fingerprint density at radius 2 is 1.07 bits per heavy atom. The van der Waals surface area contributed by atoms with Gasteiger partial charge in [0.25, 0.3) is 0 Å². The molecular weight excluding hydrogens is 457 g/mol. The van der Waals surface area contributed by atoms with E-state index in [1.54, 1.807) is 0 Å². The third-order valence-electron chi connectivity index (χ3n) is 3.82. The standard InChI is InChI=1S/C15H6F13NO/c16-10(17,9-6-8(29-30-9)7-4-2-1-3-5-7)11(18,19)12(20,21)13(22,23)14(24,25)15(26,27)28/h1-6H. The van der Waals surface area contributed by atoms with Gasteiger partial charge in [-0.2, -0.15) is 57.1 Å². The van der Waals surface area contributed by atoms with Crippen LogP contribution in [0.2, 0.25) is 0 Å². The average molecular weight is 463 g/mol. The van der Waals surface area contributed by atoms with Crippen molar-refractivity contribution in [3.05, 3.63) is 42.2 Å². The first-order chi connectivity index (χ1) is 13.3. The van der Waals surface area contributed by atoms with Crippen LogP contribution in [0.25, 0.3) is 11.3 Å². The predicted molar refractivity (Wildman–Crippen MR) is 71.7 cm³/mol. The van der Waals surface area contributed by atoms with E-state index < -0.39 is 47.2 Å². The van der Waals surface area contributed by atoms with Crippen molar-refractivity contribution in [2.45, 2.75) is 35.8 Å². The summed E-state index contributed by atoms with van der Waals surface area (Å²) >= 11 is 0. The van der Waals surface area contributed by atoms with Gasteiger partial charge >= 0.3 is 35.8 Å². The molecule has 0 saturated heterocycles. The molecule has 0 aliphatic heterocycles. The zero-order valence-electron chi connectivity index (χ0n) is 13.7. The minimum Gasteiger partial charge on any atom is -0.354 e. The molecule has 0 saturated carbocycles. The molecule has 0 atom stereocenters. The first kappa shape index (κ1) is 23.8. The van der Waals surface area contributed by atoms with Gasteiger partial charge in [-0.3, -0.25) is 0 Å². The molecular formula is C15H6F13NO. The molecule has 2 aromatic rings. The summed E-state index contributed by atoms with van der Waals surface area (Å²) in [6.45, 7) is 0. The smallest absolute Gasteiger partial charge is 0.354 e. The van der Waals surface area contributed by atoms with E-state index >= 15 is 0 Å². The van der Waals surface area contributed by atoms with E-state index in [9.17, 15) is 57.1 Å². The molecule has 1 aromatic carbocycles. The van der Waals surface area contributed by atoms with Gasteiger partial charge in [0, 0.05) is 11.6 Å². The first-order valence-corrected chi connectivity index (χ1v) is 7.31. The van der Waals surface area contributed by atoms with Crippen LogP contribution in [0.3, 0.4) is 0 Å². The Morgan fingerprint density at radius 3 is 1.53 bits per heavy atom. The summed E-state index contributed by atoms with van der Waals surface area (Å²) in [5.74, 6) is -40.0. The summed E-state index contributed by atoms with van der Waals surface area (Å²) in [6, 6.07) is 6.24. The topological polar surface area (TPSA) is 26.0 Å². The van der Waals surface area contributed by atoms with Gasteiger partial charge in [0.15, 0.2) is 0 Å². The molecule has 2 rings (SSSR count). The molecule has 0 unspecified atom stereocenters. The zero-order chi connectivity index (χ0) is 23.4. The largest absolute Gasteiger partial charge is 0.460 e. The summed E-state index contributed by atoms with van der Waals surface area (Å²) in [7, 11) is 0. The molecule has 0 aliphatic rings. The summed E-state index contributed by atoms with van der Waals surface area (Å²) < 4.78 is 174. The van der Waals surface area contributed by atoms with Crippen LogP contribution in [-0.2, 0) is 5.92 Å². The van der Waals surface area contributed by atoms with Crippen LogP contribution in [0.5, 0.6) is 0 Å². The third-order valence-corrected chi connectivity index (χ3v) is 3.82. The Kier molecular flexibility index (Phi) is 5.37. The summed E-state index contributed by atoms with van der Waals surface area (Å²) in [5.41, 5.74) is -0.760. The van der Waals surface area contributed by atoms with E-state index in [-0.39, 0.29) is 11.6 Å². The molecule has 2 nitrogen and oxygen atoms in total. The van der Waals surface area contributed by atoms with Crippen LogP contribution in [0, 0.1) is 0 Å². The Hall–Kier alpha value is -2.48. The number of halogens is 13. The second-order valence-electron chi connectivity index (χ2n) is 5.81. The van der Waals surface area contributed by atoms with E-state index in [1.807, 2.05) is 0 Å². The Labute approximate surface area is 157 Å². The van der Waals surface area contributed by atoms with Crippen LogP contribution < -0.4 is 0 Å². The van der Waals surface area contributed by atoms with Gasteiger partial charge in [0.1, 0.15) is 5.69 Å². The average Bonchev–Trinajstić information content (AvgIpc) is 3.11. The number of hydrogen-bond acceptors (Lipinski definition) is 2. The molecule has 0 aliphatic carbocycles. The highest BCUT2D eigenvalue weighted by Gasteiger charge is 2.91. The highest BCUT2D eigenvalue weighted by atomic mass is 19.4. The van der Waals surface area contributed by atoms with E-state index in [0.29, 0.717) is 0 Å². The molecule has 168 valence electrons. The van der Waals surface area contributed by atoms with Crippen LogP contribution in [0.4, 0.5) is 57.1 Å². The predicted octanol–water partition coefficient (Wildman–Crippen LogP) is 6.54. The normalized spacial score (nSPS) is 14.8. The van der Waals surface area contributed by atoms with Crippen LogP contribution in [0.1, 0.15) is 5.76 Å². The van der Waals surface area contributed by atoms with Crippen molar-refractivity contribution in [2.75, 3.05) is 0 Å². The van der Waals surface area contributed by atoms with E-state index in [4.69, 9.17) is 0 Å². The van der Waals surface area contributed by atoms with E-state index in [1.165, 1.54) is 18.2 Å². The molecule has 15 heteroatoms. The van der Waals surface area contributed by atoms with Crippen LogP contribution in [-0.4, -0.2) is 35.0 Å². The number of benzene rings is 1. The lowest BCUT2D eigenvalue weighted by atomic mass is 9.92. The van der Waals surface area contributed by atoms with Crippen molar-refractivity contribution in [2.24, 2.45) is 0 Å². The van der Waals surface area contributed by atoms with Crippen molar-refractivity contribution in [1.82, 2.24) is 5.16 Å². The maximum atomic E-state index is 14.0. The quantitative estimate of drug-likeness (QED) is 0.455. The fourth-order valence-electron chi connectivity index (χ4n) is 2.09. The van der Waals surface area contributed by atoms with Gasteiger partial charge < -0.3 is 4.52 Å². The third kappa shape index (κ3) is 3.17. The van der Waals surface area contributed by atoms with Crippen molar-refractivity contribution in [3.8, 4) is 11.3 Å². The lowest BCUT2D eigenvalue weighted by Crippen LogP contribution is -2.69. The molecule has 30 heavy (non-hydrogen) atoms. The van der Waals surface area contributed by atoms with Crippen molar-refractivity contribution >= 4 is 0 Å². The lowest BCUT2D eigenvalue weighted by Gasteiger charge is -2.39. The number of rotatable bonds is 6. The van der Waals surface area contributed by atoms with Gasteiger partial charge in [0.05, 0.1) is 0 Å². The van der Waals surface area contributed by atoms with Crippen molar-refractivity contribution < 1.29 is 61.6 Å². The molecule has 0 spiro atoms. The first-order valence-electron chi connectivity index (χ1n) is 7.31. The van der Waals surface area contributed by atoms with Crippen LogP contribution in [0.15, 0.2) is 40.9 Å². The lowest BCUT2D eigenvalue weighted by molar-refractivity contribution is -0.442. The molecule has 0 fully saturated rings. The van der Waals surface area contributed by atoms with Crippen LogP contribution >= 0.6 is 0 Å². The van der Waals surface area contributed by atoms with Crippen molar-refractivity contribution in [1.29, 1.82) is 0 Å². The Bertz CT molecular complexity index is 885. The Balaban J connectivity index is 2.54. The number of nitrogens with zero attached hydrogens (tertiary/aromatic N) is 1. The molecule has 1 aromatic heterocycles. The minimum absolute atomic E-state index is 0.0840. The molecule has 1 heterocycles. The molecule has 0 amide bonds. The Morgan fingerprint density at radius 1 is 0.600 bits per heavy atom. The van der Waals surface area contributed by atoms with E-state index in [0.717, 1.165) is 12.1 Å². The van der Waals surface area contributed by atoms with Gasteiger partial charge in [-0.05, 0) is 0 Å². The van der Waals surface area contributed by atoms with Crippen molar-refractivity contribution in [3.63, 3.8) is 0 Å². The SMILES string of the molecule is FC(F)(F)C(F)(F)C(F)(F)C(F)(F)C(F)(F)C(F)(F)c1cc(-c2ccccc2)no1. The van der Waals surface area contributed by atoms with Gasteiger partial charge in [-0.15, -0.1) is 0 Å². The van der Waals surface area contributed by atoms with E-state index in [2.05, 4.69) is 9.68 Å². The summed E-state index contributed by atoms with van der Waals surface area (Å²) in [4.78, 5) is 0. The second-order valence-corrected chi connectivity index (χ2v) is 5.81. The maximum Gasteiger partial charge on any atom is 0.460 e. The summed E-state index contributed by atoms with van der Waals surface area (Å²) in [6.07, 6.45) is -7.46. The highest BCUT2D eigenvalue weighted by molar-refractivity contribution is 5.58. The maximum absolute atomic E-state index is 14.0. The molecule has 0 N–H and O–H groups in total. The monoisotopic (exact) mass is 463 g/mol. The molecule has 0 radical (unpaired) electrons. The molecule has 0 bridgehead atoms. The number of hydrogen-bond donors (Lipinski definition) is 0.